The summed E-state index contributed by atoms with van der Waals surface area (Å²) >= 11 is 3.15. The van der Waals surface area contributed by atoms with E-state index in [-0.39, 0.29) is 11.7 Å². The molecular formula is C12H15BrO3. The number of rotatable bonds is 3. The summed E-state index contributed by atoms with van der Waals surface area (Å²) in [6.45, 7) is 0.525. The maximum absolute atomic E-state index is 11.6. The zero-order valence-corrected chi connectivity index (χ0v) is 10.7. The first-order valence-electron chi connectivity index (χ1n) is 5.68. The van der Waals surface area contributed by atoms with Gasteiger partial charge in [-0.3, -0.25) is 0 Å². The Morgan fingerprint density at radius 3 is 2.75 bits per heavy atom. The SMILES string of the molecule is O=C(OCC1CCCCC1)c1ccc(Br)o1. The van der Waals surface area contributed by atoms with Gasteiger partial charge in [0.25, 0.3) is 0 Å². The summed E-state index contributed by atoms with van der Waals surface area (Å²) in [5, 5.41) is 0. The zero-order chi connectivity index (χ0) is 11.4. The highest BCUT2D eigenvalue weighted by atomic mass is 79.9. The van der Waals surface area contributed by atoms with Crippen molar-refractivity contribution in [3.63, 3.8) is 0 Å². The molecule has 0 N–H and O–H groups in total. The van der Waals surface area contributed by atoms with Gasteiger partial charge in [-0.05, 0) is 46.8 Å². The van der Waals surface area contributed by atoms with E-state index in [0.29, 0.717) is 17.2 Å². The molecule has 0 atom stereocenters. The minimum Gasteiger partial charge on any atom is -0.460 e. The number of hydrogen-bond donors (Lipinski definition) is 0. The lowest BCUT2D eigenvalue weighted by molar-refractivity contribution is 0.0373. The molecule has 0 radical (unpaired) electrons. The molecule has 1 aromatic heterocycles. The topological polar surface area (TPSA) is 39.4 Å². The Kier molecular flexibility index (Phi) is 4.04. The maximum Gasteiger partial charge on any atom is 0.374 e. The van der Waals surface area contributed by atoms with Gasteiger partial charge in [0.15, 0.2) is 4.67 Å². The molecule has 0 spiro atoms. The molecule has 1 aliphatic rings. The molecule has 0 amide bonds. The Balaban J connectivity index is 1.79. The van der Waals surface area contributed by atoms with Crippen molar-refractivity contribution in [3.05, 3.63) is 22.6 Å². The number of ether oxygens (including phenoxy) is 1. The molecule has 16 heavy (non-hydrogen) atoms. The van der Waals surface area contributed by atoms with Crippen LogP contribution in [0, 0.1) is 5.92 Å². The molecular weight excluding hydrogens is 272 g/mol. The van der Waals surface area contributed by atoms with E-state index in [9.17, 15) is 4.79 Å². The van der Waals surface area contributed by atoms with Crippen molar-refractivity contribution in [3.8, 4) is 0 Å². The molecule has 1 aliphatic carbocycles. The second-order valence-corrected chi connectivity index (χ2v) is 4.99. The van der Waals surface area contributed by atoms with Crippen molar-refractivity contribution in [2.75, 3.05) is 6.61 Å². The maximum atomic E-state index is 11.6. The lowest BCUT2D eigenvalue weighted by atomic mass is 9.90. The molecule has 2 rings (SSSR count). The summed E-state index contributed by atoms with van der Waals surface area (Å²) in [5.74, 6) is 0.440. The first-order valence-corrected chi connectivity index (χ1v) is 6.47. The van der Waals surface area contributed by atoms with Gasteiger partial charge in [-0.1, -0.05) is 19.3 Å². The van der Waals surface area contributed by atoms with Gasteiger partial charge in [-0.15, -0.1) is 0 Å². The molecule has 88 valence electrons. The van der Waals surface area contributed by atoms with E-state index in [2.05, 4.69) is 15.9 Å². The van der Waals surface area contributed by atoms with E-state index < -0.39 is 0 Å². The molecule has 1 fully saturated rings. The van der Waals surface area contributed by atoms with Gasteiger partial charge in [0.2, 0.25) is 5.76 Å². The van der Waals surface area contributed by atoms with Gasteiger partial charge < -0.3 is 9.15 Å². The highest BCUT2D eigenvalue weighted by Gasteiger charge is 2.17. The standard InChI is InChI=1S/C12H15BrO3/c13-11-7-6-10(16-11)12(14)15-8-9-4-2-1-3-5-9/h6-7,9H,1-5,8H2. The molecule has 0 saturated heterocycles. The van der Waals surface area contributed by atoms with Crippen molar-refractivity contribution in [1.29, 1.82) is 0 Å². The average molecular weight is 287 g/mol. The summed E-state index contributed by atoms with van der Waals surface area (Å²) in [7, 11) is 0. The third kappa shape index (κ3) is 3.11. The van der Waals surface area contributed by atoms with Crippen molar-refractivity contribution in [1.82, 2.24) is 0 Å². The molecule has 0 bridgehead atoms. The van der Waals surface area contributed by atoms with Crippen LogP contribution in [0.2, 0.25) is 0 Å². The number of carbonyl (C=O) groups is 1. The van der Waals surface area contributed by atoms with Crippen LogP contribution in [-0.4, -0.2) is 12.6 Å². The van der Waals surface area contributed by atoms with Crippen LogP contribution >= 0.6 is 15.9 Å². The first kappa shape index (κ1) is 11.7. The van der Waals surface area contributed by atoms with Crippen LogP contribution in [0.15, 0.2) is 21.2 Å². The Bertz CT molecular complexity index is 353. The van der Waals surface area contributed by atoms with E-state index >= 15 is 0 Å². The Morgan fingerprint density at radius 1 is 1.38 bits per heavy atom. The van der Waals surface area contributed by atoms with Gasteiger partial charge >= 0.3 is 5.97 Å². The second-order valence-electron chi connectivity index (χ2n) is 4.21. The van der Waals surface area contributed by atoms with Crippen LogP contribution in [0.5, 0.6) is 0 Å². The van der Waals surface area contributed by atoms with E-state index in [1.165, 1.54) is 32.1 Å². The molecule has 1 heterocycles. The normalized spacial score (nSPS) is 17.3. The van der Waals surface area contributed by atoms with Crippen LogP contribution in [0.1, 0.15) is 42.7 Å². The summed E-state index contributed by atoms with van der Waals surface area (Å²) in [5.41, 5.74) is 0. The van der Waals surface area contributed by atoms with Crippen molar-refractivity contribution >= 4 is 21.9 Å². The van der Waals surface area contributed by atoms with E-state index in [1.54, 1.807) is 12.1 Å². The molecule has 0 aromatic carbocycles. The predicted octanol–water partition coefficient (Wildman–Crippen LogP) is 3.78. The molecule has 1 aromatic rings. The molecule has 1 saturated carbocycles. The van der Waals surface area contributed by atoms with Crippen LogP contribution in [0.25, 0.3) is 0 Å². The van der Waals surface area contributed by atoms with Gasteiger partial charge in [0, 0.05) is 0 Å². The van der Waals surface area contributed by atoms with Gasteiger partial charge in [0.05, 0.1) is 6.61 Å². The van der Waals surface area contributed by atoms with Gasteiger partial charge in [-0.2, -0.15) is 0 Å². The zero-order valence-electron chi connectivity index (χ0n) is 9.08. The highest BCUT2D eigenvalue weighted by Crippen LogP contribution is 2.24. The van der Waals surface area contributed by atoms with Gasteiger partial charge in [0.1, 0.15) is 0 Å². The Labute approximate surface area is 103 Å². The van der Waals surface area contributed by atoms with Crippen LogP contribution in [0.4, 0.5) is 0 Å². The quantitative estimate of drug-likeness (QED) is 0.794. The first-order chi connectivity index (χ1) is 7.75. The minimum absolute atomic E-state index is 0.266. The third-order valence-electron chi connectivity index (χ3n) is 2.95. The fourth-order valence-electron chi connectivity index (χ4n) is 2.04. The lowest BCUT2D eigenvalue weighted by Crippen LogP contribution is -2.16. The van der Waals surface area contributed by atoms with Crippen LogP contribution < -0.4 is 0 Å². The van der Waals surface area contributed by atoms with Crippen molar-refractivity contribution in [2.24, 2.45) is 5.92 Å². The van der Waals surface area contributed by atoms with E-state index in [0.717, 1.165) is 0 Å². The fraction of sp³-hybridized carbons (Fsp3) is 0.583. The molecule has 0 aliphatic heterocycles. The monoisotopic (exact) mass is 286 g/mol. The number of esters is 1. The van der Waals surface area contributed by atoms with Crippen LogP contribution in [-0.2, 0) is 4.74 Å². The third-order valence-corrected chi connectivity index (χ3v) is 3.38. The van der Waals surface area contributed by atoms with Crippen LogP contribution in [0.3, 0.4) is 0 Å². The smallest absolute Gasteiger partial charge is 0.374 e. The summed E-state index contributed by atoms with van der Waals surface area (Å²) in [6.07, 6.45) is 6.18. The fourth-order valence-corrected chi connectivity index (χ4v) is 2.35. The minimum atomic E-state index is -0.365. The largest absolute Gasteiger partial charge is 0.460 e. The van der Waals surface area contributed by atoms with Crippen molar-refractivity contribution in [2.45, 2.75) is 32.1 Å². The number of hydrogen-bond acceptors (Lipinski definition) is 3. The average Bonchev–Trinajstić information content (AvgIpc) is 2.74. The highest BCUT2D eigenvalue weighted by molar-refractivity contribution is 9.10. The number of halogens is 1. The molecule has 4 heteroatoms. The van der Waals surface area contributed by atoms with E-state index in [4.69, 9.17) is 9.15 Å². The summed E-state index contributed by atoms with van der Waals surface area (Å²) in [4.78, 5) is 11.6. The summed E-state index contributed by atoms with van der Waals surface area (Å²) in [6, 6.07) is 3.31. The second kappa shape index (κ2) is 5.53. The lowest BCUT2D eigenvalue weighted by Gasteiger charge is -2.20. The van der Waals surface area contributed by atoms with E-state index in [1.807, 2.05) is 0 Å². The Morgan fingerprint density at radius 2 is 2.12 bits per heavy atom. The molecule has 0 unspecified atom stereocenters. The summed E-state index contributed by atoms with van der Waals surface area (Å²) < 4.78 is 10.9. The number of carbonyl (C=O) groups excluding carboxylic acids is 1. The Hall–Kier alpha value is -0.770. The van der Waals surface area contributed by atoms with Gasteiger partial charge in [-0.25, -0.2) is 4.79 Å². The number of furan rings is 1. The predicted molar refractivity (Wildman–Crippen MR) is 63.3 cm³/mol. The van der Waals surface area contributed by atoms with Crippen molar-refractivity contribution < 1.29 is 13.9 Å². The molecule has 3 nitrogen and oxygen atoms in total.